The van der Waals surface area contributed by atoms with Gasteiger partial charge in [-0.05, 0) is 30.5 Å². The van der Waals surface area contributed by atoms with Crippen molar-refractivity contribution in [2.75, 3.05) is 17.2 Å². The van der Waals surface area contributed by atoms with Gasteiger partial charge in [-0.3, -0.25) is 4.98 Å². The number of para-hydroxylation sites is 1. The van der Waals surface area contributed by atoms with Crippen LogP contribution in [0.2, 0.25) is 0 Å². The Labute approximate surface area is 115 Å². The summed E-state index contributed by atoms with van der Waals surface area (Å²) >= 11 is 0. The van der Waals surface area contributed by atoms with Gasteiger partial charge < -0.3 is 10.6 Å². The molecule has 1 aromatic carbocycles. The van der Waals surface area contributed by atoms with Gasteiger partial charge in [-0.2, -0.15) is 0 Å². The molecule has 0 aliphatic carbocycles. The third-order valence-corrected chi connectivity index (χ3v) is 2.98. The SMILES string of the molecule is CCNc1cncc(Nc2ccccc2C(C)C)c1. The lowest BCUT2D eigenvalue weighted by atomic mass is 10.0. The van der Waals surface area contributed by atoms with Crippen LogP contribution < -0.4 is 10.6 Å². The van der Waals surface area contributed by atoms with Crippen molar-refractivity contribution < 1.29 is 0 Å². The van der Waals surface area contributed by atoms with Gasteiger partial charge in [0.25, 0.3) is 0 Å². The fourth-order valence-corrected chi connectivity index (χ4v) is 2.08. The van der Waals surface area contributed by atoms with Crippen molar-refractivity contribution in [2.45, 2.75) is 26.7 Å². The second kappa shape index (κ2) is 6.23. The number of nitrogens with one attached hydrogen (secondary N) is 2. The topological polar surface area (TPSA) is 37.0 Å². The molecular weight excluding hydrogens is 234 g/mol. The van der Waals surface area contributed by atoms with Crippen LogP contribution in [0.15, 0.2) is 42.7 Å². The molecule has 0 saturated carbocycles. The summed E-state index contributed by atoms with van der Waals surface area (Å²) in [5, 5.41) is 6.72. The lowest BCUT2D eigenvalue weighted by molar-refractivity contribution is 0.869. The van der Waals surface area contributed by atoms with Gasteiger partial charge in [-0.25, -0.2) is 0 Å². The third-order valence-electron chi connectivity index (χ3n) is 2.98. The molecule has 19 heavy (non-hydrogen) atoms. The summed E-state index contributed by atoms with van der Waals surface area (Å²) in [6.07, 6.45) is 3.68. The zero-order valence-electron chi connectivity index (χ0n) is 11.8. The minimum absolute atomic E-state index is 0.494. The number of anilines is 3. The fraction of sp³-hybridized carbons (Fsp3) is 0.312. The summed E-state index contributed by atoms with van der Waals surface area (Å²) in [7, 11) is 0. The molecule has 100 valence electrons. The van der Waals surface area contributed by atoms with Crippen LogP contribution in [0.25, 0.3) is 0 Å². The molecule has 2 rings (SSSR count). The Bertz CT molecular complexity index is 535. The predicted molar refractivity (Wildman–Crippen MR) is 82.2 cm³/mol. The molecule has 0 bridgehead atoms. The number of pyridine rings is 1. The zero-order valence-corrected chi connectivity index (χ0v) is 11.8. The Kier molecular flexibility index (Phi) is 4.39. The quantitative estimate of drug-likeness (QED) is 0.832. The average Bonchev–Trinajstić information content (AvgIpc) is 2.40. The van der Waals surface area contributed by atoms with E-state index in [0.717, 1.165) is 23.6 Å². The molecule has 0 fully saturated rings. The monoisotopic (exact) mass is 255 g/mol. The van der Waals surface area contributed by atoms with E-state index in [1.165, 1.54) is 5.56 Å². The van der Waals surface area contributed by atoms with Crippen LogP contribution in [-0.2, 0) is 0 Å². The van der Waals surface area contributed by atoms with Crippen LogP contribution >= 0.6 is 0 Å². The highest BCUT2D eigenvalue weighted by Crippen LogP contribution is 2.27. The Morgan fingerprint density at radius 2 is 1.84 bits per heavy atom. The Balaban J connectivity index is 2.23. The summed E-state index contributed by atoms with van der Waals surface area (Å²) < 4.78 is 0. The van der Waals surface area contributed by atoms with Crippen LogP contribution in [0.5, 0.6) is 0 Å². The second-order valence-corrected chi connectivity index (χ2v) is 4.86. The number of nitrogens with zero attached hydrogens (tertiary/aromatic N) is 1. The normalized spacial score (nSPS) is 10.5. The molecule has 0 unspecified atom stereocenters. The van der Waals surface area contributed by atoms with Crippen molar-refractivity contribution in [3.8, 4) is 0 Å². The maximum absolute atomic E-state index is 4.25. The van der Waals surface area contributed by atoms with E-state index < -0.39 is 0 Å². The van der Waals surface area contributed by atoms with E-state index in [1.54, 1.807) is 0 Å². The third kappa shape index (κ3) is 3.47. The number of aromatic nitrogens is 1. The highest BCUT2D eigenvalue weighted by atomic mass is 14.9. The van der Waals surface area contributed by atoms with Crippen LogP contribution in [-0.4, -0.2) is 11.5 Å². The van der Waals surface area contributed by atoms with Crippen molar-refractivity contribution in [2.24, 2.45) is 0 Å². The summed E-state index contributed by atoms with van der Waals surface area (Å²) in [5.74, 6) is 0.494. The standard InChI is InChI=1S/C16H21N3/c1-4-18-13-9-14(11-17-10-13)19-16-8-6-5-7-15(16)12(2)3/h5-12,18-19H,4H2,1-3H3. The summed E-state index contributed by atoms with van der Waals surface area (Å²) in [6, 6.07) is 10.5. The smallest absolute Gasteiger partial charge is 0.0591 e. The Hall–Kier alpha value is -2.03. The van der Waals surface area contributed by atoms with Crippen molar-refractivity contribution >= 4 is 17.1 Å². The first kappa shape index (κ1) is 13.4. The van der Waals surface area contributed by atoms with E-state index in [2.05, 4.69) is 66.7 Å². The first-order valence-electron chi connectivity index (χ1n) is 6.75. The molecule has 1 aromatic heterocycles. The van der Waals surface area contributed by atoms with Crippen molar-refractivity contribution in [3.63, 3.8) is 0 Å². The first-order chi connectivity index (χ1) is 9.20. The first-order valence-corrected chi connectivity index (χ1v) is 6.75. The number of hydrogen-bond donors (Lipinski definition) is 2. The van der Waals surface area contributed by atoms with E-state index in [4.69, 9.17) is 0 Å². The molecule has 1 heterocycles. The minimum atomic E-state index is 0.494. The number of hydrogen-bond acceptors (Lipinski definition) is 3. The molecule has 3 nitrogen and oxygen atoms in total. The summed E-state index contributed by atoms with van der Waals surface area (Å²) in [6.45, 7) is 7.38. The second-order valence-electron chi connectivity index (χ2n) is 4.86. The summed E-state index contributed by atoms with van der Waals surface area (Å²) in [5.41, 5.74) is 4.50. The Morgan fingerprint density at radius 3 is 2.58 bits per heavy atom. The van der Waals surface area contributed by atoms with Gasteiger partial charge in [0.15, 0.2) is 0 Å². The Morgan fingerprint density at radius 1 is 1.11 bits per heavy atom. The minimum Gasteiger partial charge on any atom is -0.384 e. The molecule has 0 amide bonds. The number of rotatable bonds is 5. The van der Waals surface area contributed by atoms with Crippen LogP contribution in [0.1, 0.15) is 32.3 Å². The molecule has 2 aromatic rings. The lowest BCUT2D eigenvalue weighted by Crippen LogP contribution is -2.00. The van der Waals surface area contributed by atoms with Crippen molar-refractivity contribution in [1.29, 1.82) is 0 Å². The largest absolute Gasteiger partial charge is 0.384 e. The van der Waals surface area contributed by atoms with Gasteiger partial charge in [-0.15, -0.1) is 0 Å². The van der Waals surface area contributed by atoms with E-state index in [9.17, 15) is 0 Å². The maximum Gasteiger partial charge on any atom is 0.0591 e. The predicted octanol–water partition coefficient (Wildman–Crippen LogP) is 4.38. The van der Waals surface area contributed by atoms with Crippen molar-refractivity contribution in [1.82, 2.24) is 4.98 Å². The van der Waals surface area contributed by atoms with E-state index in [-0.39, 0.29) is 0 Å². The van der Waals surface area contributed by atoms with E-state index in [1.807, 2.05) is 12.4 Å². The molecule has 0 aliphatic rings. The highest BCUT2D eigenvalue weighted by Gasteiger charge is 2.06. The number of benzene rings is 1. The van der Waals surface area contributed by atoms with E-state index in [0.29, 0.717) is 5.92 Å². The van der Waals surface area contributed by atoms with Gasteiger partial charge in [0.2, 0.25) is 0 Å². The molecule has 0 aliphatic heterocycles. The molecule has 2 N–H and O–H groups in total. The van der Waals surface area contributed by atoms with Crippen molar-refractivity contribution in [3.05, 3.63) is 48.3 Å². The maximum atomic E-state index is 4.25. The molecule has 0 atom stereocenters. The van der Waals surface area contributed by atoms with Gasteiger partial charge in [0.1, 0.15) is 0 Å². The van der Waals surface area contributed by atoms with Crippen LogP contribution in [0.4, 0.5) is 17.1 Å². The van der Waals surface area contributed by atoms with Crippen LogP contribution in [0, 0.1) is 0 Å². The van der Waals surface area contributed by atoms with Gasteiger partial charge in [0, 0.05) is 12.2 Å². The molecule has 0 spiro atoms. The molecule has 0 radical (unpaired) electrons. The zero-order chi connectivity index (χ0) is 13.7. The molecule has 0 saturated heterocycles. The van der Waals surface area contributed by atoms with Gasteiger partial charge in [-0.1, -0.05) is 32.0 Å². The summed E-state index contributed by atoms with van der Waals surface area (Å²) in [4.78, 5) is 4.25. The molecular formula is C16H21N3. The molecule has 3 heteroatoms. The van der Waals surface area contributed by atoms with Gasteiger partial charge in [0.05, 0.1) is 23.8 Å². The fourth-order valence-electron chi connectivity index (χ4n) is 2.08. The highest BCUT2D eigenvalue weighted by molar-refractivity contribution is 5.66. The van der Waals surface area contributed by atoms with E-state index >= 15 is 0 Å². The van der Waals surface area contributed by atoms with Gasteiger partial charge >= 0.3 is 0 Å². The lowest BCUT2D eigenvalue weighted by Gasteiger charge is -2.15. The van der Waals surface area contributed by atoms with Crippen LogP contribution in [0.3, 0.4) is 0 Å². The average molecular weight is 255 g/mol.